The molecule has 7 nitrogen and oxygen atoms in total. The second-order valence-corrected chi connectivity index (χ2v) is 4.82. The van der Waals surface area contributed by atoms with Crippen LogP contribution in [0.4, 0.5) is 11.5 Å². The number of rotatable bonds is 4. The van der Waals surface area contributed by atoms with E-state index in [4.69, 9.17) is 5.11 Å². The molecule has 0 aliphatic carbocycles. The lowest BCUT2D eigenvalue weighted by molar-refractivity contribution is 0.0697. The molecular weight excluding hydrogens is 294 g/mol. The summed E-state index contributed by atoms with van der Waals surface area (Å²) in [5.74, 6) is 0.114. The molecule has 3 aromatic rings. The monoisotopic (exact) mass is 307 g/mol. The minimum Gasteiger partial charge on any atom is -0.478 e. The van der Waals surface area contributed by atoms with Crippen LogP contribution < -0.4 is 5.32 Å². The van der Waals surface area contributed by atoms with E-state index in [9.17, 15) is 4.79 Å². The highest BCUT2D eigenvalue weighted by Crippen LogP contribution is 2.19. The minimum atomic E-state index is -0.959. The summed E-state index contributed by atoms with van der Waals surface area (Å²) in [4.78, 5) is 27.8. The molecule has 1 aromatic carbocycles. The van der Waals surface area contributed by atoms with Gasteiger partial charge >= 0.3 is 5.97 Å². The maximum Gasteiger partial charge on any atom is 0.335 e. The van der Waals surface area contributed by atoms with Crippen LogP contribution in [-0.2, 0) is 0 Å². The first kappa shape index (κ1) is 14.6. The van der Waals surface area contributed by atoms with Gasteiger partial charge in [-0.05, 0) is 31.2 Å². The van der Waals surface area contributed by atoms with Gasteiger partial charge in [-0.1, -0.05) is 0 Å². The SMILES string of the molecule is Cc1cc(Nc2ccc(C(=O)O)cc2)nc(-c2cnccn2)n1. The first-order chi connectivity index (χ1) is 11.1. The second kappa shape index (κ2) is 6.18. The highest BCUT2D eigenvalue weighted by Gasteiger charge is 2.07. The quantitative estimate of drug-likeness (QED) is 0.764. The van der Waals surface area contributed by atoms with Gasteiger partial charge in [-0.2, -0.15) is 0 Å². The Kier molecular flexibility index (Phi) is 3.92. The van der Waals surface area contributed by atoms with Gasteiger partial charge in [0, 0.05) is 29.8 Å². The number of aromatic carboxylic acids is 1. The van der Waals surface area contributed by atoms with E-state index in [1.165, 1.54) is 12.1 Å². The van der Waals surface area contributed by atoms with Gasteiger partial charge in [-0.25, -0.2) is 19.7 Å². The summed E-state index contributed by atoms with van der Waals surface area (Å²) in [5, 5.41) is 12.0. The highest BCUT2D eigenvalue weighted by molar-refractivity contribution is 5.88. The maximum atomic E-state index is 10.9. The number of nitrogens with one attached hydrogen (secondary N) is 1. The summed E-state index contributed by atoms with van der Waals surface area (Å²) in [6.07, 6.45) is 4.77. The third kappa shape index (κ3) is 3.46. The molecule has 0 atom stereocenters. The number of carboxylic acids is 1. The summed E-state index contributed by atoms with van der Waals surface area (Å²) in [5.41, 5.74) is 2.33. The van der Waals surface area contributed by atoms with Crippen LogP contribution in [-0.4, -0.2) is 31.0 Å². The average molecular weight is 307 g/mol. The molecule has 7 heteroatoms. The third-order valence-electron chi connectivity index (χ3n) is 3.05. The Balaban J connectivity index is 1.88. The summed E-state index contributed by atoms with van der Waals surface area (Å²) >= 11 is 0. The van der Waals surface area contributed by atoms with Gasteiger partial charge in [0.25, 0.3) is 0 Å². The molecule has 2 heterocycles. The Morgan fingerprint density at radius 3 is 2.57 bits per heavy atom. The number of anilines is 2. The number of carbonyl (C=O) groups is 1. The summed E-state index contributed by atoms with van der Waals surface area (Å²) in [7, 11) is 0. The Labute approximate surface area is 132 Å². The Morgan fingerprint density at radius 1 is 1.13 bits per heavy atom. The van der Waals surface area contributed by atoms with Crippen LogP contribution >= 0.6 is 0 Å². The van der Waals surface area contributed by atoms with Crippen molar-refractivity contribution in [2.75, 3.05) is 5.32 Å². The first-order valence-electron chi connectivity index (χ1n) is 6.84. The molecule has 23 heavy (non-hydrogen) atoms. The predicted molar refractivity (Wildman–Crippen MR) is 84.5 cm³/mol. The number of carboxylic acid groups (broad SMARTS) is 1. The lowest BCUT2D eigenvalue weighted by atomic mass is 10.2. The van der Waals surface area contributed by atoms with Gasteiger partial charge in [-0.3, -0.25) is 4.98 Å². The number of aromatic nitrogens is 4. The maximum absolute atomic E-state index is 10.9. The zero-order valence-electron chi connectivity index (χ0n) is 12.3. The molecule has 0 amide bonds. The van der Waals surface area contributed by atoms with Crippen LogP contribution in [0.2, 0.25) is 0 Å². The molecule has 0 fully saturated rings. The lowest BCUT2D eigenvalue weighted by Gasteiger charge is -2.08. The van der Waals surface area contributed by atoms with Crippen molar-refractivity contribution in [2.45, 2.75) is 6.92 Å². The summed E-state index contributed by atoms with van der Waals surface area (Å²) < 4.78 is 0. The van der Waals surface area contributed by atoms with E-state index in [1.54, 1.807) is 36.8 Å². The Morgan fingerprint density at radius 2 is 1.91 bits per heavy atom. The normalized spacial score (nSPS) is 10.3. The fourth-order valence-corrected chi connectivity index (χ4v) is 2.01. The molecule has 0 bridgehead atoms. The van der Waals surface area contributed by atoms with Gasteiger partial charge in [-0.15, -0.1) is 0 Å². The first-order valence-corrected chi connectivity index (χ1v) is 6.84. The van der Waals surface area contributed by atoms with E-state index in [-0.39, 0.29) is 5.56 Å². The van der Waals surface area contributed by atoms with Crippen molar-refractivity contribution in [3.63, 3.8) is 0 Å². The van der Waals surface area contributed by atoms with Gasteiger partial charge in [0.2, 0.25) is 0 Å². The molecule has 0 aliphatic heterocycles. The molecule has 0 unspecified atom stereocenters. The van der Waals surface area contributed by atoms with E-state index >= 15 is 0 Å². The van der Waals surface area contributed by atoms with Crippen molar-refractivity contribution in [3.8, 4) is 11.5 Å². The van der Waals surface area contributed by atoms with Gasteiger partial charge in [0.1, 0.15) is 11.5 Å². The smallest absolute Gasteiger partial charge is 0.335 e. The van der Waals surface area contributed by atoms with Crippen molar-refractivity contribution in [2.24, 2.45) is 0 Å². The zero-order chi connectivity index (χ0) is 16.2. The summed E-state index contributed by atoms with van der Waals surface area (Å²) in [6, 6.07) is 8.22. The van der Waals surface area contributed by atoms with E-state index in [0.717, 1.165) is 11.4 Å². The van der Waals surface area contributed by atoms with E-state index in [1.807, 2.05) is 6.92 Å². The van der Waals surface area contributed by atoms with Crippen molar-refractivity contribution in [3.05, 3.63) is 60.2 Å². The summed E-state index contributed by atoms with van der Waals surface area (Å²) in [6.45, 7) is 1.86. The fourth-order valence-electron chi connectivity index (χ4n) is 2.01. The Hall–Kier alpha value is -3.35. The highest BCUT2D eigenvalue weighted by atomic mass is 16.4. The molecule has 3 rings (SSSR count). The van der Waals surface area contributed by atoms with Crippen molar-refractivity contribution >= 4 is 17.5 Å². The van der Waals surface area contributed by atoms with Gasteiger partial charge in [0.15, 0.2) is 5.82 Å². The van der Waals surface area contributed by atoms with E-state index < -0.39 is 5.97 Å². The molecule has 114 valence electrons. The van der Waals surface area contributed by atoms with E-state index in [2.05, 4.69) is 25.3 Å². The van der Waals surface area contributed by atoms with Crippen LogP contribution in [0.15, 0.2) is 48.9 Å². The lowest BCUT2D eigenvalue weighted by Crippen LogP contribution is -2.01. The molecule has 0 saturated carbocycles. The fraction of sp³-hybridized carbons (Fsp3) is 0.0625. The number of aryl methyl sites for hydroxylation is 1. The second-order valence-electron chi connectivity index (χ2n) is 4.82. The Bertz CT molecular complexity index is 835. The van der Waals surface area contributed by atoms with Crippen LogP contribution in [0.3, 0.4) is 0 Å². The number of benzene rings is 1. The largest absolute Gasteiger partial charge is 0.478 e. The van der Waals surface area contributed by atoms with Crippen molar-refractivity contribution < 1.29 is 9.90 Å². The van der Waals surface area contributed by atoms with Gasteiger partial charge < -0.3 is 10.4 Å². The van der Waals surface area contributed by atoms with Crippen LogP contribution in [0.25, 0.3) is 11.5 Å². The molecule has 0 saturated heterocycles. The van der Waals surface area contributed by atoms with E-state index in [0.29, 0.717) is 17.3 Å². The van der Waals surface area contributed by atoms with Crippen molar-refractivity contribution in [1.29, 1.82) is 0 Å². The number of hydrogen-bond donors (Lipinski definition) is 2. The topological polar surface area (TPSA) is 101 Å². The molecule has 2 N–H and O–H groups in total. The van der Waals surface area contributed by atoms with Crippen LogP contribution in [0.1, 0.15) is 16.1 Å². The molecular formula is C16H13N5O2. The van der Waals surface area contributed by atoms with Crippen molar-refractivity contribution in [1.82, 2.24) is 19.9 Å². The average Bonchev–Trinajstić information content (AvgIpc) is 2.55. The molecule has 0 aliphatic rings. The van der Waals surface area contributed by atoms with Gasteiger partial charge in [0.05, 0.1) is 11.8 Å². The number of nitrogens with zero attached hydrogens (tertiary/aromatic N) is 4. The van der Waals surface area contributed by atoms with Crippen LogP contribution in [0.5, 0.6) is 0 Å². The number of hydrogen-bond acceptors (Lipinski definition) is 6. The predicted octanol–water partition coefficient (Wildman–Crippen LogP) is 2.68. The standard InChI is InChI=1S/C16H13N5O2/c1-10-8-14(20-12-4-2-11(3-5-12)16(22)23)21-15(19-10)13-9-17-6-7-18-13/h2-9H,1H3,(H,22,23)(H,19,20,21). The van der Waals surface area contributed by atoms with Crippen LogP contribution in [0, 0.1) is 6.92 Å². The third-order valence-corrected chi connectivity index (χ3v) is 3.05. The minimum absolute atomic E-state index is 0.231. The zero-order valence-corrected chi connectivity index (χ0v) is 12.3. The molecule has 0 spiro atoms. The molecule has 2 aromatic heterocycles. The molecule has 0 radical (unpaired) electrons.